The molecule has 0 radical (unpaired) electrons. The van der Waals surface area contributed by atoms with Crippen molar-refractivity contribution in [2.75, 3.05) is 18.6 Å². The van der Waals surface area contributed by atoms with E-state index in [9.17, 15) is 14.4 Å². The number of alkyl carbamates (subject to hydrolysis) is 1. The van der Waals surface area contributed by atoms with Gasteiger partial charge in [-0.3, -0.25) is 9.59 Å². The lowest BCUT2D eigenvalue weighted by Crippen LogP contribution is -2.54. The van der Waals surface area contributed by atoms with Gasteiger partial charge in [0.15, 0.2) is 0 Å². The number of hydrogen-bond acceptors (Lipinski definition) is 5. The van der Waals surface area contributed by atoms with E-state index in [-0.39, 0.29) is 23.8 Å². The van der Waals surface area contributed by atoms with Crippen LogP contribution in [0.2, 0.25) is 0 Å². The summed E-state index contributed by atoms with van der Waals surface area (Å²) in [4.78, 5) is 42.2. The van der Waals surface area contributed by atoms with Crippen molar-refractivity contribution in [1.82, 2.24) is 15.5 Å². The highest BCUT2D eigenvalue weighted by Gasteiger charge is 2.48. The van der Waals surface area contributed by atoms with Gasteiger partial charge in [-0.15, -0.1) is 0 Å². The first kappa shape index (κ1) is 30.0. The standard InChI is InChI=1S/C28H45N3O4S/c1-9-10-14-29-25(32)24(21-12-11-18(2)16-19(21)3)31(23-17-20(23)4)26(33)22(13-15-36-8)30-27(34)35-28(5,6)7/h11-12,16,20,22-24H,9-10,13-15,17H2,1-8H3,(H,29,32)(H,30,34). The number of nitrogens with one attached hydrogen (secondary N) is 2. The molecule has 1 saturated carbocycles. The van der Waals surface area contributed by atoms with Crippen LogP contribution in [-0.4, -0.2) is 59.0 Å². The maximum Gasteiger partial charge on any atom is 0.408 e. The van der Waals surface area contributed by atoms with Gasteiger partial charge in [0.05, 0.1) is 0 Å². The molecule has 7 nitrogen and oxygen atoms in total. The van der Waals surface area contributed by atoms with Crippen LogP contribution in [0.5, 0.6) is 0 Å². The Labute approximate surface area is 221 Å². The smallest absolute Gasteiger partial charge is 0.408 e. The molecule has 1 aliphatic rings. The Hall–Kier alpha value is -2.22. The van der Waals surface area contributed by atoms with Crippen molar-refractivity contribution in [2.24, 2.45) is 5.92 Å². The molecule has 36 heavy (non-hydrogen) atoms. The number of hydrogen-bond donors (Lipinski definition) is 2. The lowest BCUT2D eigenvalue weighted by molar-refractivity contribution is -0.143. The van der Waals surface area contributed by atoms with E-state index >= 15 is 0 Å². The number of rotatable bonds is 12. The molecule has 0 bridgehead atoms. The van der Waals surface area contributed by atoms with E-state index in [0.29, 0.717) is 18.7 Å². The van der Waals surface area contributed by atoms with Crippen LogP contribution in [0.3, 0.4) is 0 Å². The predicted molar refractivity (Wildman–Crippen MR) is 147 cm³/mol. The molecule has 1 aliphatic carbocycles. The molecule has 1 aromatic carbocycles. The summed E-state index contributed by atoms with van der Waals surface area (Å²) in [7, 11) is 0. The molecule has 4 atom stereocenters. The summed E-state index contributed by atoms with van der Waals surface area (Å²) >= 11 is 1.61. The molecule has 8 heteroatoms. The molecular weight excluding hydrogens is 474 g/mol. The van der Waals surface area contributed by atoms with Crippen LogP contribution in [0.1, 0.15) is 83.0 Å². The van der Waals surface area contributed by atoms with Gasteiger partial charge in [-0.2, -0.15) is 11.8 Å². The van der Waals surface area contributed by atoms with E-state index in [2.05, 4.69) is 24.5 Å². The molecule has 0 aromatic heterocycles. The number of thioether (sulfide) groups is 1. The van der Waals surface area contributed by atoms with Gasteiger partial charge in [-0.1, -0.05) is 44.0 Å². The van der Waals surface area contributed by atoms with Gasteiger partial charge in [0.1, 0.15) is 17.7 Å². The number of aryl methyl sites for hydroxylation is 2. The quantitative estimate of drug-likeness (QED) is 0.373. The van der Waals surface area contributed by atoms with Crippen molar-refractivity contribution in [1.29, 1.82) is 0 Å². The van der Waals surface area contributed by atoms with E-state index in [1.807, 2.05) is 38.3 Å². The molecular formula is C28H45N3O4S. The second-order valence-electron chi connectivity index (χ2n) is 10.9. The Kier molecular flexibility index (Phi) is 11.1. The van der Waals surface area contributed by atoms with Gasteiger partial charge in [0.2, 0.25) is 11.8 Å². The first-order valence-corrected chi connectivity index (χ1v) is 14.4. The van der Waals surface area contributed by atoms with Gasteiger partial charge in [0, 0.05) is 12.6 Å². The zero-order chi connectivity index (χ0) is 27.0. The fourth-order valence-corrected chi connectivity index (χ4v) is 4.80. The predicted octanol–water partition coefficient (Wildman–Crippen LogP) is 5.14. The zero-order valence-corrected chi connectivity index (χ0v) is 24.1. The number of carbonyl (C=O) groups excluding carboxylic acids is 3. The molecule has 2 rings (SSSR count). The fraction of sp³-hybridized carbons (Fsp3) is 0.679. The Morgan fingerprint density at radius 2 is 1.89 bits per heavy atom. The summed E-state index contributed by atoms with van der Waals surface area (Å²) in [5.41, 5.74) is 2.21. The minimum Gasteiger partial charge on any atom is -0.444 e. The lowest BCUT2D eigenvalue weighted by atomic mass is 9.96. The van der Waals surface area contributed by atoms with Crippen molar-refractivity contribution < 1.29 is 19.1 Å². The van der Waals surface area contributed by atoms with Crippen LogP contribution in [-0.2, 0) is 14.3 Å². The summed E-state index contributed by atoms with van der Waals surface area (Å²) in [5, 5.41) is 5.87. The molecule has 202 valence electrons. The number of benzene rings is 1. The van der Waals surface area contributed by atoms with Gasteiger partial charge in [-0.05, 0) is 82.9 Å². The SMILES string of the molecule is CCCCNC(=O)C(c1ccc(C)cc1C)N(C(=O)C(CCSC)NC(=O)OC(C)(C)C)C1CC1C. The average Bonchev–Trinajstić information content (AvgIpc) is 3.49. The molecule has 1 fully saturated rings. The third-order valence-electron chi connectivity index (χ3n) is 6.35. The minimum atomic E-state index is -0.781. The van der Waals surface area contributed by atoms with E-state index in [1.165, 1.54) is 0 Å². The number of nitrogens with zero attached hydrogens (tertiary/aromatic N) is 1. The van der Waals surface area contributed by atoms with E-state index in [0.717, 1.165) is 36.0 Å². The maximum atomic E-state index is 14.2. The molecule has 0 heterocycles. The van der Waals surface area contributed by atoms with Crippen LogP contribution in [0.25, 0.3) is 0 Å². The second kappa shape index (κ2) is 13.4. The van der Waals surface area contributed by atoms with Crippen LogP contribution >= 0.6 is 11.8 Å². The Bertz CT molecular complexity index is 915. The minimum absolute atomic E-state index is 0.0580. The van der Waals surface area contributed by atoms with Crippen LogP contribution < -0.4 is 10.6 Å². The number of ether oxygens (including phenoxy) is 1. The van der Waals surface area contributed by atoms with Gasteiger partial charge >= 0.3 is 6.09 Å². The molecule has 2 N–H and O–H groups in total. The van der Waals surface area contributed by atoms with E-state index in [1.54, 1.807) is 37.4 Å². The van der Waals surface area contributed by atoms with Crippen LogP contribution in [0, 0.1) is 19.8 Å². The first-order valence-electron chi connectivity index (χ1n) is 13.0. The Balaban J connectivity index is 2.48. The summed E-state index contributed by atoms with van der Waals surface area (Å²) in [5.74, 6) is 0.564. The van der Waals surface area contributed by atoms with Crippen molar-refractivity contribution in [3.05, 3.63) is 34.9 Å². The lowest BCUT2D eigenvalue weighted by Gasteiger charge is -2.35. The van der Waals surface area contributed by atoms with Gasteiger partial charge < -0.3 is 20.3 Å². The van der Waals surface area contributed by atoms with Crippen molar-refractivity contribution >= 4 is 29.7 Å². The van der Waals surface area contributed by atoms with Crippen molar-refractivity contribution in [3.63, 3.8) is 0 Å². The summed E-state index contributed by atoms with van der Waals surface area (Å²) in [6.45, 7) is 14.1. The van der Waals surface area contributed by atoms with Crippen molar-refractivity contribution in [3.8, 4) is 0 Å². The highest BCUT2D eigenvalue weighted by Crippen LogP contribution is 2.41. The summed E-state index contributed by atoms with van der Waals surface area (Å²) in [6, 6.07) is 4.39. The molecule has 0 spiro atoms. The molecule has 0 aliphatic heterocycles. The maximum absolute atomic E-state index is 14.2. The van der Waals surface area contributed by atoms with Crippen LogP contribution in [0.15, 0.2) is 18.2 Å². The molecule has 0 saturated heterocycles. The van der Waals surface area contributed by atoms with Crippen LogP contribution in [0.4, 0.5) is 4.79 Å². The third-order valence-corrected chi connectivity index (χ3v) is 7.00. The van der Waals surface area contributed by atoms with Crippen molar-refractivity contribution in [2.45, 2.75) is 97.9 Å². The second-order valence-corrected chi connectivity index (χ2v) is 11.9. The Morgan fingerprint density at radius 3 is 2.42 bits per heavy atom. The van der Waals surface area contributed by atoms with E-state index < -0.39 is 23.8 Å². The Morgan fingerprint density at radius 1 is 1.22 bits per heavy atom. The monoisotopic (exact) mass is 519 g/mol. The summed E-state index contributed by atoms with van der Waals surface area (Å²) in [6.07, 6.45) is 4.46. The largest absolute Gasteiger partial charge is 0.444 e. The topological polar surface area (TPSA) is 87.7 Å². The van der Waals surface area contributed by atoms with E-state index in [4.69, 9.17) is 4.74 Å². The first-order chi connectivity index (χ1) is 16.9. The normalized spacial score (nSPS) is 18.7. The van der Waals surface area contributed by atoms with Gasteiger partial charge in [-0.25, -0.2) is 4.79 Å². The number of amides is 3. The molecule has 4 unspecified atom stereocenters. The molecule has 1 aromatic rings. The average molecular weight is 520 g/mol. The fourth-order valence-electron chi connectivity index (χ4n) is 4.33. The highest BCUT2D eigenvalue weighted by atomic mass is 32.2. The molecule has 3 amide bonds. The summed E-state index contributed by atoms with van der Waals surface area (Å²) < 4.78 is 5.46. The third kappa shape index (κ3) is 8.71. The number of carbonyl (C=O) groups is 3. The highest BCUT2D eigenvalue weighted by molar-refractivity contribution is 7.98. The zero-order valence-electron chi connectivity index (χ0n) is 23.3. The van der Waals surface area contributed by atoms with Gasteiger partial charge in [0.25, 0.3) is 0 Å². The number of unbranched alkanes of at least 4 members (excludes halogenated alkanes) is 1.